The van der Waals surface area contributed by atoms with E-state index in [1.54, 1.807) is 17.0 Å². The molecule has 4 heterocycles. The number of hydroxylamine groups is 1. The Morgan fingerprint density at radius 3 is 2.33 bits per heavy atom. The van der Waals surface area contributed by atoms with Crippen LogP contribution in [0.25, 0.3) is 17.0 Å². The number of benzene rings is 3. The van der Waals surface area contributed by atoms with Crippen molar-refractivity contribution in [2.45, 2.75) is 108 Å². The Kier molecular flexibility index (Phi) is 19.8. The molecule has 0 spiro atoms. The summed E-state index contributed by atoms with van der Waals surface area (Å²) in [7, 11) is 0. The van der Waals surface area contributed by atoms with Crippen LogP contribution < -0.4 is 16.2 Å². The molecular weight excluding hydrogens is 953 g/mol. The topological polar surface area (TPSA) is 241 Å². The van der Waals surface area contributed by atoms with Crippen molar-refractivity contribution in [2.75, 3.05) is 26.2 Å². The van der Waals surface area contributed by atoms with Gasteiger partial charge in [-0.05, 0) is 85.6 Å². The van der Waals surface area contributed by atoms with Gasteiger partial charge >= 0.3 is 0 Å². The van der Waals surface area contributed by atoms with Crippen LogP contribution in [0.15, 0.2) is 102 Å². The molecule has 1 unspecified atom stereocenters. The zero-order valence-corrected chi connectivity index (χ0v) is 41.7. The van der Waals surface area contributed by atoms with Gasteiger partial charge in [0.15, 0.2) is 0 Å². The number of hydrogen-bond acceptors (Lipinski definition) is 13. The Labute approximate surface area is 427 Å². The first-order valence-electron chi connectivity index (χ1n) is 24.6. The molecule has 2 aliphatic rings. The highest BCUT2D eigenvalue weighted by Crippen LogP contribution is 2.32. The second-order valence-corrected chi connectivity index (χ2v) is 19.2. The predicted octanol–water partition coefficient (Wildman–Crippen LogP) is 4.98. The van der Waals surface area contributed by atoms with E-state index in [0.717, 1.165) is 65.1 Å². The molecule has 0 bridgehead atoms. The van der Waals surface area contributed by atoms with Crippen molar-refractivity contribution in [1.82, 2.24) is 51.0 Å². The van der Waals surface area contributed by atoms with E-state index in [0.29, 0.717) is 69.0 Å². The van der Waals surface area contributed by atoms with Crippen LogP contribution >= 0.6 is 11.8 Å². The molecule has 0 saturated carbocycles. The Bertz CT molecular complexity index is 2770. The molecule has 5 N–H and O–H groups in total. The SMILES string of the molecule is Cc1[nH]c2ccccc2c1CCN(CCO)Cc1ccc(/C=C/C(=O)NOCc2ccc(SC3CC(=O)N(CCCCCC(=O)NCc4cn(CCCCCC(=O)NN5C(=O)C=CC5=O)nn4)C3=O)cc2)cc1. The maximum Gasteiger partial charge on any atom is 0.272 e. The monoisotopic (exact) mass is 1010 g/mol. The van der Waals surface area contributed by atoms with E-state index < -0.39 is 28.9 Å². The number of likely N-dealkylation sites (tertiary alicyclic amines) is 1. The van der Waals surface area contributed by atoms with Crippen molar-refractivity contribution in [3.8, 4) is 0 Å². The number of carbonyl (C=O) groups excluding carboxylic acids is 7. The molecule has 2 aliphatic heterocycles. The first-order valence-corrected chi connectivity index (χ1v) is 25.5. The highest BCUT2D eigenvalue weighted by Gasteiger charge is 2.38. The summed E-state index contributed by atoms with van der Waals surface area (Å²) in [6, 6.07) is 23.7. The van der Waals surface area contributed by atoms with Gasteiger partial charge in [-0.3, -0.25) is 58.3 Å². The highest BCUT2D eigenvalue weighted by atomic mass is 32.2. The Balaban J connectivity index is 0.716. The average Bonchev–Trinajstić information content (AvgIpc) is 4.13. The number of rotatable bonds is 29. The zero-order valence-electron chi connectivity index (χ0n) is 40.9. The van der Waals surface area contributed by atoms with Gasteiger partial charge < -0.3 is 15.4 Å². The van der Waals surface area contributed by atoms with Gasteiger partial charge in [0, 0.05) is 91.7 Å². The van der Waals surface area contributed by atoms with Gasteiger partial charge in [-0.15, -0.1) is 16.9 Å². The smallest absolute Gasteiger partial charge is 0.272 e. The minimum atomic E-state index is -0.573. The number of aromatic nitrogens is 4. The number of nitrogens with one attached hydrogen (secondary N) is 4. The Hall–Kier alpha value is -7.26. The Morgan fingerprint density at radius 1 is 0.863 bits per heavy atom. The third-order valence-electron chi connectivity index (χ3n) is 12.4. The van der Waals surface area contributed by atoms with Crippen LogP contribution in [0.4, 0.5) is 0 Å². The number of para-hydroxylation sites is 1. The summed E-state index contributed by atoms with van der Waals surface area (Å²) >= 11 is 1.34. The molecular formula is C53H62N10O9S. The van der Waals surface area contributed by atoms with E-state index in [-0.39, 0.29) is 50.3 Å². The summed E-state index contributed by atoms with van der Waals surface area (Å²) < 4.78 is 1.67. The van der Waals surface area contributed by atoms with Crippen molar-refractivity contribution in [2.24, 2.45) is 0 Å². The maximum atomic E-state index is 13.2. The fraction of sp³-hybridized carbons (Fsp3) is 0.377. The summed E-state index contributed by atoms with van der Waals surface area (Å²) in [5, 5.41) is 22.2. The van der Waals surface area contributed by atoms with Gasteiger partial charge in [-0.1, -0.05) is 72.7 Å². The summed E-state index contributed by atoms with van der Waals surface area (Å²) in [4.78, 5) is 99.4. The van der Waals surface area contributed by atoms with E-state index in [1.807, 2.05) is 54.6 Å². The molecule has 2 aromatic heterocycles. The first-order chi connectivity index (χ1) is 35.4. The number of amides is 7. The number of unbranched alkanes of at least 4 members (excludes halogenated alkanes) is 4. The molecule has 0 aliphatic carbocycles. The molecule has 384 valence electrons. The van der Waals surface area contributed by atoms with Gasteiger partial charge in [0.1, 0.15) is 5.69 Å². The number of H-pyrrole nitrogens is 1. The van der Waals surface area contributed by atoms with Crippen LogP contribution in [0.5, 0.6) is 0 Å². The Morgan fingerprint density at radius 2 is 1.58 bits per heavy atom. The lowest BCUT2D eigenvalue weighted by molar-refractivity contribution is -0.146. The fourth-order valence-electron chi connectivity index (χ4n) is 8.50. The van der Waals surface area contributed by atoms with Crippen molar-refractivity contribution in [3.63, 3.8) is 0 Å². The van der Waals surface area contributed by atoms with Gasteiger partial charge in [0.05, 0.1) is 31.2 Å². The molecule has 73 heavy (non-hydrogen) atoms. The third-order valence-corrected chi connectivity index (χ3v) is 13.6. The van der Waals surface area contributed by atoms with Crippen LogP contribution in [-0.4, -0.2) is 113 Å². The van der Waals surface area contributed by atoms with Gasteiger partial charge in [0.25, 0.3) is 17.7 Å². The van der Waals surface area contributed by atoms with Gasteiger partial charge in [-0.2, -0.15) is 5.01 Å². The van der Waals surface area contributed by atoms with E-state index in [4.69, 9.17) is 4.84 Å². The lowest BCUT2D eigenvalue weighted by Gasteiger charge is -2.21. The van der Waals surface area contributed by atoms with Crippen LogP contribution in [0.1, 0.15) is 91.4 Å². The second kappa shape index (κ2) is 27.0. The number of carbonyl (C=O) groups is 7. The molecule has 5 aromatic rings. The third kappa shape index (κ3) is 16.1. The maximum absolute atomic E-state index is 13.2. The zero-order chi connectivity index (χ0) is 51.5. The summed E-state index contributed by atoms with van der Waals surface area (Å²) in [6.07, 6.45) is 12.4. The molecule has 0 radical (unpaired) electrons. The molecule has 20 heteroatoms. The normalized spacial score (nSPS) is 14.7. The van der Waals surface area contributed by atoms with E-state index in [1.165, 1.54) is 39.4 Å². The number of hydrazine groups is 1. The van der Waals surface area contributed by atoms with E-state index >= 15 is 0 Å². The summed E-state index contributed by atoms with van der Waals surface area (Å²) in [6.45, 7) is 5.47. The summed E-state index contributed by atoms with van der Waals surface area (Å²) in [5.41, 5.74) is 11.7. The number of aromatic amines is 1. The highest BCUT2D eigenvalue weighted by molar-refractivity contribution is 8.00. The minimum Gasteiger partial charge on any atom is -0.395 e. The van der Waals surface area contributed by atoms with Crippen molar-refractivity contribution >= 4 is 70.1 Å². The van der Waals surface area contributed by atoms with Crippen molar-refractivity contribution in [1.29, 1.82) is 0 Å². The fourth-order valence-corrected chi connectivity index (χ4v) is 9.58. The number of thioether (sulfide) groups is 1. The number of aryl methyl sites for hydroxylation is 2. The van der Waals surface area contributed by atoms with Crippen LogP contribution in [0, 0.1) is 6.92 Å². The second-order valence-electron chi connectivity index (χ2n) is 17.9. The predicted molar refractivity (Wildman–Crippen MR) is 273 cm³/mol. The van der Waals surface area contributed by atoms with Gasteiger partial charge in [0.2, 0.25) is 23.6 Å². The summed E-state index contributed by atoms with van der Waals surface area (Å²) in [5.74, 6) is -2.53. The first kappa shape index (κ1) is 53.5. The average molecular weight is 1020 g/mol. The van der Waals surface area contributed by atoms with Crippen LogP contribution in [0.2, 0.25) is 0 Å². The van der Waals surface area contributed by atoms with Crippen molar-refractivity contribution in [3.05, 3.63) is 131 Å². The molecule has 1 atom stereocenters. The lowest BCUT2D eigenvalue weighted by atomic mass is 10.1. The number of hydrogen-bond donors (Lipinski definition) is 5. The standard InChI is InChI=1S/C53H62N10O9S/c1-37-43(44-10-6-7-11-45(44)55-37)26-29-60(30-31-64)34-39-16-14-38(15-17-39)20-23-49(67)58-72-36-40-18-21-42(22-19-40)73-46-32-52(70)62(53(46)71)28-9-3-4-12-47(65)54-33-41-35-61(59-56-41)27-8-2-5-13-48(66)57-63-50(68)24-25-51(63)69/h6-7,10-11,14-25,35,46,55,64H,2-5,8-9,12-13,26-34,36H2,1H3,(H,54,65)(H,57,66)(H,58,67)/b23-20+. The van der Waals surface area contributed by atoms with E-state index in [9.17, 15) is 38.7 Å². The molecule has 7 rings (SSSR count). The number of aliphatic hydroxyl groups excluding tert-OH is 1. The molecule has 19 nitrogen and oxygen atoms in total. The number of aliphatic hydroxyl groups is 1. The van der Waals surface area contributed by atoms with E-state index in [2.05, 4.69) is 61.5 Å². The van der Waals surface area contributed by atoms with Crippen LogP contribution in [-0.2, 0) is 71.1 Å². The largest absolute Gasteiger partial charge is 0.395 e. The molecule has 7 amide bonds. The molecule has 3 aromatic carbocycles. The number of imide groups is 2. The van der Waals surface area contributed by atoms with Crippen LogP contribution in [0.3, 0.4) is 0 Å². The quantitative estimate of drug-likeness (QED) is 0.0184. The minimum absolute atomic E-state index is 0.0741. The van der Waals surface area contributed by atoms with Crippen molar-refractivity contribution < 1.29 is 43.5 Å². The lowest BCUT2D eigenvalue weighted by Crippen LogP contribution is -2.45. The number of fused-ring (bicyclic) bond motifs is 1. The van der Waals surface area contributed by atoms with Gasteiger partial charge in [-0.25, -0.2) is 5.48 Å². The molecule has 1 fully saturated rings. The number of nitrogens with zero attached hydrogens (tertiary/aromatic N) is 6. The molecule has 1 saturated heterocycles.